The monoisotopic (exact) mass is 487 g/mol. The SMILES string of the molecule is N#CC(=Cc1cn(Cc2cnc(C(F)(F)F)s2)c2cc(Cl)ccc12)c1ccc(C(=O)O)cc1. The molecule has 0 aliphatic carbocycles. The van der Waals surface area contributed by atoms with Crippen LogP contribution in [-0.4, -0.2) is 20.6 Å². The number of rotatable bonds is 5. The molecule has 4 aromatic rings. The van der Waals surface area contributed by atoms with Gasteiger partial charge in [0.2, 0.25) is 0 Å². The summed E-state index contributed by atoms with van der Waals surface area (Å²) in [6.07, 6.45) is 0.0775. The van der Waals surface area contributed by atoms with Crippen molar-refractivity contribution in [2.75, 3.05) is 0 Å². The fourth-order valence-corrected chi connectivity index (χ4v) is 4.29. The van der Waals surface area contributed by atoms with Crippen LogP contribution in [0, 0.1) is 11.3 Å². The van der Waals surface area contributed by atoms with Crippen molar-refractivity contribution in [1.29, 1.82) is 5.26 Å². The molecule has 166 valence electrons. The van der Waals surface area contributed by atoms with Crippen LogP contribution in [0.15, 0.2) is 54.9 Å². The fraction of sp³-hybridized carbons (Fsp3) is 0.0870. The average molecular weight is 488 g/mol. The molecule has 1 N–H and O–H groups in total. The number of carboxylic acid groups (broad SMARTS) is 1. The standard InChI is InChI=1S/C23H13ClF3N3O2S/c24-17-5-6-19-16(7-15(9-28)13-1-3-14(4-2-13)21(31)32)11-30(20(19)8-17)12-18-10-29-22(33-18)23(25,26)27/h1-8,10-11H,12H2,(H,31,32). The smallest absolute Gasteiger partial charge is 0.443 e. The van der Waals surface area contributed by atoms with Crippen LogP contribution in [0.3, 0.4) is 0 Å². The summed E-state index contributed by atoms with van der Waals surface area (Å²) in [5, 5.41) is 19.0. The van der Waals surface area contributed by atoms with Gasteiger partial charge in [-0.25, -0.2) is 9.78 Å². The molecule has 0 saturated heterocycles. The van der Waals surface area contributed by atoms with Gasteiger partial charge >= 0.3 is 12.1 Å². The molecule has 2 aromatic carbocycles. The van der Waals surface area contributed by atoms with E-state index in [9.17, 15) is 23.2 Å². The number of hydrogen-bond donors (Lipinski definition) is 1. The van der Waals surface area contributed by atoms with E-state index < -0.39 is 17.2 Å². The van der Waals surface area contributed by atoms with Crippen molar-refractivity contribution >= 4 is 51.5 Å². The van der Waals surface area contributed by atoms with Crippen molar-refractivity contribution in [1.82, 2.24) is 9.55 Å². The third-order valence-corrected chi connectivity index (χ3v) is 6.12. The van der Waals surface area contributed by atoms with Gasteiger partial charge in [-0.2, -0.15) is 18.4 Å². The Morgan fingerprint density at radius 1 is 1.21 bits per heavy atom. The molecular weight excluding hydrogens is 475 g/mol. The highest BCUT2D eigenvalue weighted by atomic mass is 35.5. The first-order valence-electron chi connectivity index (χ1n) is 9.41. The van der Waals surface area contributed by atoms with Crippen LogP contribution in [0.5, 0.6) is 0 Å². The minimum Gasteiger partial charge on any atom is -0.478 e. The molecular formula is C23H13ClF3N3O2S. The van der Waals surface area contributed by atoms with E-state index in [4.69, 9.17) is 16.7 Å². The van der Waals surface area contributed by atoms with Gasteiger partial charge in [0.25, 0.3) is 0 Å². The van der Waals surface area contributed by atoms with E-state index in [1.165, 1.54) is 18.3 Å². The summed E-state index contributed by atoms with van der Waals surface area (Å²) >= 11 is 6.72. The largest absolute Gasteiger partial charge is 0.478 e. The maximum Gasteiger partial charge on any atom is 0.443 e. The zero-order valence-electron chi connectivity index (χ0n) is 16.6. The van der Waals surface area contributed by atoms with Crippen LogP contribution in [0.25, 0.3) is 22.6 Å². The highest BCUT2D eigenvalue weighted by molar-refractivity contribution is 7.11. The fourth-order valence-electron chi connectivity index (χ4n) is 3.35. The number of carboxylic acids is 1. The second-order valence-corrected chi connectivity index (χ2v) is 8.61. The number of benzene rings is 2. The van der Waals surface area contributed by atoms with Crippen molar-refractivity contribution in [3.63, 3.8) is 0 Å². The molecule has 0 spiro atoms. The van der Waals surface area contributed by atoms with Gasteiger partial charge in [0, 0.05) is 33.2 Å². The number of alkyl halides is 3. The van der Waals surface area contributed by atoms with Crippen LogP contribution < -0.4 is 0 Å². The molecule has 0 unspecified atom stereocenters. The molecule has 4 rings (SSSR count). The first-order valence-corrected chi connectivity index (χ1v) is 10.6. The summed E-state index contributed by atoms with van der Waals surface area (Å²) in [6.45, 7) is 0.146. The molecule has 0 bridgehead atoms. The number of halogens is 4. The number of allylic oxidation sites excluding steroid dienone is 1. The molecule has 33 heavy (non-hydrogen) atoms. The summed E-state index contributed by atoms with van der Waals surface area (Å²) in [4.78, 5) is 14.9. The molecule has 0 saturated carbocycles. The molecule has 10 heteroatoms. The molecule has 0 atom stereocenters. The zero-order valence-corrected chi connectivity index (χ0v) is 18.2. The Hall–Kier alpha value is -3.61. The lowest BCUT2D eigenvalue weighted by Crippen LogP contribution is -2.02. The van der Waals surface area contributed by atoms with Gasteiger partial charge in [-0.15, -0.1) is 11.3 Å². The van der Waals surface area contributed by atoms with Gasteiger partial charge in [-0.05, 0) is 35.9 Å². The molecule has 0 aliphatic rings. The van der Waals surface area contributed by atoms with Gasteiger partial charge in [0.05, 0.1) is 29.3 Å². The van der Waals surface area contributed by atoms with Crippen LogP contribution >= 0.6 is 22.9 Å². The molecule has 2 aromatic heterocycles. The summed E-state index contributed by atoms with van der Waals surface area (Å²) in [7, 11) is 0. The van der Waals surface area contributed by atoms with Crippen LogP contribution in [0.4, 0.5) is 13.2 Å². The summed E-state index contributed by atoms with van der Waals surface area (Å²) in [6, 6.07) is 13.2. The highest BCUT2D eigenvalue weighted by Crippen LogP contribution is 2.34. The molecule has 0 aliphatic heterocycles. The maximum absolute atomic E-state index is 12.9. The second-order valence-electron chi connectivity index (χ2n) is 7.06. The van der Waals surface area contributed by atoms with E-state index in [1.807, 2.05) is 0 Å². The van der Waals surface area contributed by atoms with Crippen LogP contribution in [0.1, 0.15) is 31.4 Å². The Labute approximate surface area is 194 Å². The van der Waals surface area contributed by atoms with Crippen molar-refractivity contribution in [2.24, 2.45) is 0 Å². The Kier molecular flexibility index (Phi) is 5.97. The minimum atomic E-state index is -4.50. The molecule has 2 heterocycles. The van der Waals surface area contributed by atoms with Crippen molar-refractivity contribution in [3.05, 3.63) is 86.5 Å². The lowest BCUT2D eigenvalue weighted by atomic mass is 10.0. The number of aromatic carboxylic acids is 1. The van der Waals surface area contributed by atoms with Crippen molar-refractivity contribution in [2.45, 2.75) is 12.7 Å². The summed E-state index contributed by atoms with van der Waals surface area (Å²) in [5.74, 6) is -1.07. The third-order valence-electron chi connectivity index (χ3n) is 4.86. The van der Waals surface area contributed by atoms with Gasteiger partial charge in [0.1, 0.15) is 0 Å². The molecule has 0 amide bonds. The number of nitrogens with zero attached hydrogens (tertiary/aromatic N) is 3. The van der Waals surface area contributed by atoms with Crippen LogP contribution in [0.2, 0.25) is 5.02 Å². The Balaban J connectivity index is 1.76. The second kappa shape index (κ2) is 8.73. The quantitative estimate of drug-likeness (QED) is 0.322. The number of carbonyl (C=O) groups is 1. The van der Waals surface area contributed by atoms with E-state index in [-0.39, 0.29) is 12.1 Å². The normalized spacial score (nSPS) is 12.2. The Morgan fingerprint density at radius 2 is 1.91 bits per heavy atom. The van der Waals surface area contributed by atoms with E-state index in [2.05, 4.69) is 11.1 Å². The van der Waals surface area contributed by atoms with Gasteiger partial charge < -0.3 is 9.67 Å². The van der Waals surface area contributed by atoms with Gasteiger partial charge in [-0.3, -0.25) is 0 Å². The topological polar surface area (TPSA) is 78.9 Å². The first kappa shape index (κ1) is 22.6. The average Bonchev–Trinajstić information content (AvgIpc) is 3.37. The van der Waals surface area contributed by atoms with Crippen molar-refractivity contribution < 1.29 is 23.1 Å². The predicted octanol–water partition coefficient (Wildman–Crippen LogP) is 6.58. The zero-order chi connectivity index (χ0) is 23.8. The third kappa shape index (κ3) is 4.77. The number of aromatic nitrogens is 2. The Bertz CT molecular complexity index is 1430. The maximum atomic E-state index is 12.9. The first-order chi connectivity index (χ1) is 15.7. The minimum absolute atomic E-state index is 0.102. The van der Waals surface area contributed by atoms with Crippen molar-refractivity contribution in [3.8, 4) is 6.07 Å². The Morgan fingerprint density at radius 3 is 2.52 bits per heavy atom. The van der Waals surface area contributed by atoms with E-state index in [0.717, 1.165) is 5.39 Å². The van der Waals surface area contributed by atoms with E-state index in [0.29, 0.717) is 43.5 Å². The van der Waals surface area contributed by atoms with Crippen LogP contribution in [-0.2, 0) is 12.7 Å². The van der Waals surface area contributed by atoms with Gasteiger partial charge in [-0.1, -0.05) is 29.8 Å². The molecule has 0 radical (unpaired) electrons. The highest BCUT2D eigenvalue weighted by Gasteiger charge is 2.34. The number of nitriles is 1. The van der Waals surface area contributed by atoms with E-state index in [1.54, 1.807) is 47.2 Å². The van der Waals surface area contributed by atoms with E-state index >= 15 is 0 Å². The number of fused-ring (bicyclic) bond motifs is 1. The summed E-state index contributed by atoms with van der Waals surface area (Å²) < 4.78 is 40.5. The predicted molar refractivity (Wildman–Crippen MR) is 120 cm³/mol. The summed E-state index contributed by atoms with van der Waals surface area (Å²) in [5.41, 5.74) is 2.30. The lowest BCUT2D eigenvalue weighted by molar-refractivity contribution is -0.137. The number of hydrogen-bond acceptors (Lipinski definition) is 4. The molecule has 0 fully saturated rings. The number of thiazole rings is 1. The lowest BCUT2D eigenvalue weighted by Gasteiger charge is -2.03. The van der Waals surface area contributed by atoms with Gasteiger partial charge in [0.15, 0.2) is 5.01 Å². The molecule has 5 nitrogen and oxygen atoms in total.